The van der Waals surface area contributed by atoms with Crippen molar-refractivity contribution in [2.45, 2.75) is 36.4 Å². The summed E-state index contributed by atoms with van der Waals surface area (Å²) in [5.74, 6) is 0.724. The van der Waals surface area contributed by atoms with Crippen LogP contribution < -0.4 is 15.8 Å². The predicted molar refractivity (Wildman–Crippen MR) is 138 cm³/mol. The summed E-state index contributed by atoms with van der Waals surface area (Å²) in [7, 11) is 1.01. The standard InChI is InChI=1S/C25H23F4N7O2S/c1-5-8-38-16-11-32-17-15(35-16)6-7-31-20(17)34-13-9-14(19(26)33-10-13)23(3)18-12(2)24(18,39-22(30)36-23)21(37-4)25(27,28)29/h1,6-7,9-12,18,21H,8H2,2-4H3,(H2,30,36)(H,31,34)/t12-,18-,21+,23+,24-/m0/s1. The first-order chi connectivity index (χ1) is 18.5. The Hall–Kier alpha value is -3.70. The van der Waals surface area contributed by atoms with Gasteiger partial charge in [-0.15, -0.1) is 6.42 Å². The lowest BCUT2D eigenvalue weighted by atomic mass is 9.85. The fourth-order valence-corrected chi connectivity index (χ4v) is 7.36. The first-order valence-corrected chi connectivity index (χ1v) is 12.5. The fraction of sp³-hybridized carbons (Fsp3) is 0.400. The Balaban J connectivity index is 1.52. The molecule has 5 rings (SSSR count). The number of aromatic nitrogens is 4. The Labute approximate surface area is 225 Å². The van der Waals surface area contributed by atoms with Gasteiger partial charge in [-0.1, -0.05) is 24.6 Å². The number of rotatable bonds is 7. The van der Waals surface area contributed by atoms with Gasteiger partial charge in [0.2, 0.25) is 11.8 Å². The summed E-state index contributed by atoms with van der Waals surface area (Å²) in [5.41, 5.74) is 5.76. The zero-order valence-electron chi connectivity index (χ0n) is 21.0. The number of ether oxygens (including phenoxy) is 2. The average Bonchev–Trinajstić information content (AvgIpc) is 3.47. The first-order valence-electron chi connectivity index (χ1n) is 11.7. The maximum atomic E-state index is 15.2. The molecule has 0 bridgehead atoms. The second-order valence-electron chi connectivity index (χ2n) is 9.39. The highest BCUT2D eigenvalue weighted by Gasteiger charge is 2.79. The first kappa shape index (κ1) is 26.9. The van der Waals surface area contributed by atoms with E-state index in [0.717, 1.165) is 18.9 Å². The number of aliphatic imine (C=N–C) groups is 1. The topological polar surface area (TPSA) is 120 Å². The van der Waals surface area contributed by atoms with Crippen molar-refractivity contribution in [2.24, 2.45) is 22.6 Å². The number of nitrogens with one attached hydrogen (secondary N) is 1. The van der Waals surface area contributed by atoms with E-state index < -0.39 is 40.3 Å². The molecule has 5 atom stereocenters. The van der Waals surface area contributed by atoms with Gasteiger partial charge < -0.3 is 20.5 Å². The molecule has 14 heteroatoms. The monoisotopic (exact) mass is 561 g/mol. The van der Waals surface area contributed by atoms with Crippen molar-refractivity contribution in [3.8, 4) is 18.2 Å². The fourth-order valence-electron chi connectivity index (χ4n) is 5.61. The number of anilines is 2. The van der Waals surface area contributed by atoms with E-state index in [9.17, 15) is 13.2 Å². The molecule has 204 valence electrons. The quantitative estimate of drug-likeness (QED) is 0.249. The molecule has 3 N–H and O–H groups in total. The molecule has 1 fully saturated rings. The SMILES string of the molecule is C#CCOc1cnc2c(Nc3cnc(F)c([C@@]4(C)N=C(N)S[C@]5([C@@H](OC)C(F)(F)F)[C@H]4[C@@H]5C)c3)nccc2n1. The normalized spacial score (nSPS) is 26.8. The molecule has 0 amide bonds. The average molecular weight is 562 g/mol. The number of amidine groups is 1. The lowest BCUT2D eigenvalue weighted by Crippen LogP contribution is -2.48. The van der Waals surface area contributed by atoms with Gasteiger partial charge in [-0.2, -0.15) is 17.6 Å². The number of thioether (sulfide) groups is 1. The number of terminal acetylenes is 1. The van der Waals surface area contributed by atoms with Crippen LogP contribution in [0.5, 0.6) is 5.88 Å². The highest BCUT2D eigenvalue weighted by atomic mass is 32.2. The van der Waals surface area contributed by atoms with Gasteiger partial charge in [-0.05, 0) is 25.0 Å². The number of hydrogen-bond donors (Lipinski definition) is 2. The number of pyridine rings is 2. The van der Waals surface area contributed by atoms with E-state index in [4.69, 9.17) is 21.6 Å². The van der Waals surface area contributed by atoms with Gasteiger partial charge in [0, 0.05) is 24.8 Å². The summed E-state index contributed by atoms with van der Waals surface area (Å²) in [6.07, 6.45) is 2.56. The predicted octanol–water partition coefficient (Wildman–Crippen LogP) is 4.17. The van der Waals surface area contributed by atoms with Crippen molar-refractivity contribution in [3.05, 3.63) is 42.2 Å². The summed E-state index contributed by atoms with van der Waals surface area (Å²) in [6, 6.07) is 3.07. The number of fused-ring (bicyclic) bond motifs is 2. The third kappa shape index (κ3) is 4.39. The van der Waals surface area contributed by atoms with Crippen LogP contribution >= 0.6 is 11.8 Å². The Bertz CT molecular complexity index is 1510. The van der Waals surface area contributed by atoms with Crippen molar-refractivity contribution in [3.63, 3.8) is 0 Å². The number of methoxy groups -OCH3 is 1. The van der Waals surface area contributed by atoms with Crippen molar-refractivity contribution in [1.82, 2.24) is 19.9 Å². The number of halogens is 4. The second-order valence-corrected chi connectivity index (χ2v) is 10.7. The molecule has 1 aliphatic carbocycles. The van der Waals surface area contributed by atoms with Crippen LogP contribution in [0, 0.1) is 30.1 Å². The summed E-state index contributed by atoms with van der Waals surface area (Å²) < 4.78 is 66.0. The van der Waals surface area contributed by atoms with E-state index in [1.54, 1.807) is 19.9 Å². The Kier molecular flexibility index (Phi) is 6.54. The minimum atomic E-state index is -4.66. The summed E-state index contributed by atoms with van der Waals surface area (Å²) in [6.45, 7) is 3.25. The van der Waals surface area contributed by atoms with E-state index in [2.05, 4.69) is 36.2 Å². The summed E-state index contributed by atoms with van der Waals surface area (Å²) >= 11 is 0.825. The van der Waals surface area contributed by atoms with Gasteiger partial charge >= 0.3 is 6.18 Å². The molecule has 3 aromatic heterocycles. The van der Waals surface area contributed by atoms with Crippen molar-refractivity contribution in [1.29, 1.82) is 0 Å². The Morgan fingerprint density at radius 2 is 2.05 bits per heavy atom. The van der Waals surface area contributed by atoms with Gasteiger partial charge in [0.25, 0.3) is 0 Å². The van der Waals surface area contributed by atoms with E-state index in [1.807, 2.05) is 0 Å². The smallest absolute Gasteiger partial charge is 0.416 e. The Morgan fingerprint density at radius 1 is 1.28 bits per heavy atom. The van der Waals surface area contributed by atoms with Crippen molar-refractivity contribution < 1.29 is 27.0 Å². The van der Waals surface area contributed by atoms with E-state index >= 15 is 4.39 Å². The summed E-state index contributed by atoms with van der Waals surface area (Å²) in [4.78, 5) is 21.3. The number of nitrogens with zero attached hydrogens (tertiary/aromatic N) is 5. The molecule has 3 aromatic rings. The van der Waals surface area contributed by atoms with Gasteiger partial charge in [-0.3, -0.25) is 4.99 Å². The molecule has 2 aliphatic rings. The maximum absolute atomic E-state index is 15.2. The molecule has 4 heterocycles. The van der Waals surface area contributed by atoms with Crippen LogP contribution in [0.1, 0.15) is 19.4 Å². The summed E-state index contributed by atoms with van der Waals surface area (Å²) in [5, 5.41) is 2.96. The number of hydrogen-bond acceptors (Lipinski definition) is 10. The van der Waals surface area contributed by atoms with E-state index in [-0.39, 0.29) is 23.2 Å². The third-order valence-corrected chi connectivity index (χ3v) is 8.64. The van der Waals surface area contributed by atoms with Gasteiger partial charge in [0.05, 0.1) is 33.9 Å². The zero-order valence-corrected chi connectivity index (χ0v) is 21.8. The minimum absolute atomic E-state index is 0.0113. The molecule has 0 spiro atoms. The largest absolute Gasteiger partial charge is 0.463 e. The Morgan fingerprint density at radius 3 is 2.74 bits per heavy atom. The van der Waals surface area contributed by atoms with Crippen molar-refractivity contribution >= 4 is 39.5 Å². The highest BCUT2D eigenvalue weighted by Crippen LogP contribution is 2.72. The van der Waals surface area contributed by atoms with Crippen LogP contribution in [0.2, 0.25) is 0 Å². The van der Waals surface area contributed by atoms with Crippen LogP contribution in [0.4, 0.5) is 29.1 Å². The van der Waals surface area contributed by atoms with Gasteiger partial charge in [0.15, 0.2) is 23.7 Å². The molecular weight excluding hydrogens is 538 g/mol. The van der Waals surface area contributed by atoms with Crippen LogP contribution in [-0.4, -0.2) is 55.8 Å². The van der Waals surface area contributed by atoms with Crippen LogP contribution in [0.3, 0.4) is 0 Å². The van der Waals surface area contributed by atoms with Crippen LogP contribution in [0.25, 0.3) is 11.0 Å². The second kappa shape index (κ2) is 9.49. The molecular formula is C25H23F4N7O2S. The molecule has 0 aromatic carbocycles. The van der Waals surface area contributed by atoms with E-state index in [1.165, 1.54) is 24.7 Å². The van der Waals surface area contributed by atoms with Crippen molar-refractivity contribution in [2.75, 3.05) is 19.0 Å². The molecule has 0 unspecified atom stereocenters. The molecule has 0 radical (unpaired) electrons. The van der Waals surface area contributed by atoms with Crippen LogP contribution in [0.15, 0.2) is 35.7 Å². The maximum Gasteiger partial charge on any atom is 0.416 e. The highest BCUT2D eigenvalue weighted by molar-refractivity contribution is 8.15. The number of nitrogens with two attached hydrogens (primary N) is 1. The van der Waals surface area contributed by atoms with Crippen LogP contribution in [-0.2, 0) is 10.3 Å². The third-order valence-electron chi connectivity index (χ3n) is 7.15. The van der Waals surface area contributed by atoms with Gasteiger partial charge in [0.1, 0.15) is 5.52 Å². The number of alkyl halides is 3. The molecule has 39 heavy (non-hydrogen) atoms. The molecule has 1 saturated carbocycles. The lowest BCUT2D eigenvalue weighted by molar-refractivity contribution is -0.217. The van der Waals surface area contributed by atoms with Gasteiger partial charge in [-0.25, -0.2) is 19.9 Å². The van der Waals surface area contributed by atoms with E-state index in [0.29, 0.717) is 22.5 Å². The molecule has 0 saturated heterocycles. The molecule has 9 nitrogen and oxygen atoms in total. The molecule has 1 aliphatic heterocycles. The minimum Gasteiger partial charge on any atom is -0.463 e. The zero-order chi connectivity index (χ0) is 28.2. The lowest BCUT2D eigenvalue weighted by Gasteiger charge is -2.37.